The van der Waals surface area contributed by atoms with Gasteiger partial charge in [0.1, 0.15) is 0 Å². The number of thioether (sulfide) groups is 1. The van der Waals surface area contributed by atoms with Gasteiger partial charge in [0.15, 0.2) is 5.16 Å². The Hall–Kier alpha value is -1.28. The van der Waals surface area contributed by atoms with Crippen LogP contribution in [-0.2, 0) is 9.53 Å². The largest absolute Gasteiger partial charge is 0.481 e. The zero-order valence-corrected chi connectivity index (χ0v) is 10.9. The monoisotopic (exact) mass is 272 g/mol. The highest BCUT2D eigenvalue weighted by molar-refractivity contribution is 7.99. The molecule has 2 atom stereocenters. The first-order valence-electron chi connectivity index (χ1n) is 5.69. The SMILES string of the molecule is COC1CCC(n2c(N)nnc2SCC(=O)O)C1. The molecular formula is C10H16N4O3S. The van der Waals surface area contributed by atoms with E-state index in [-0.39, 0.29) is 17.9 Å². The Balaban J connectivity index is 2.11. The van der Waals surface area contributed by atoms with Crippen molar-refractivity contribution >= 4 is 23.7 Å². The van der Waals surface area contributed by atoms with E-state index in [1.807, 2.05) is 4.57 Å². The summed E-state index contributed by atoms with van der Waals surface area (Å²) in [5.74, 6) is -0.586. The second-order valence-corrected chi connectivity index (χ2v) is 5.16. The summed E-state index contributed by atoms with van der Waals surface area (Å²) in [5.41, 5.74) is 5.80. The Morgan fingerprint density at radius 2 is 2.39 bits per heavy atom. The fourth-order valence-electron chi connectivity index (χ4n) is 2.22. The lowest BCUT2D eigenvalue weighted by atomic mass is 10.2. The number of nitrogen functional groups attached to an aromatic ring is 1. The molecule has 0 amide bonds. The summed E-state index contributed by atoms with van der Waals surface area (Å²) in [6.07, 6.45) is 3.01. The van der Waals surface area contributed by atoms with Crippen LogP contribution in [-0.4, -0.2) is 44.8 Å². The van der Waals surface area contributed by atoms with Crippen LogP contribution >= 0.6 is 11.8 Å². The molecule has 1 fully saturated rings. The van der Waals surface area contributed by atoms with Crippen molar-refractivity contribution in [3.63, 3.8) is 0 Å². The second kappa shape index (κ2) is 5.57. The summed E-state index contributed by atoms with van der Waals surface area (Å²) in [6.45, 7) is 0. The number of ether oxygens (including phenoxy) is 1. The van der Waals surface area contributed by atoms with Gasteiger partial charge in [0.25, 0.3) is 0 Å². The number of aromatic nitrogens is 3. The molecule has 100 valence electrons. The van der Waals surface area contributed by atoms with E-state index in [2.05, 4.69) is 10.2 Å². The Morgan fingerprint density at radius 3 is 3.00 bits per heavy atom. The van der Waals surface area contributed by atoms with Crippen LogP contribution in [0.25, 0.3) is 0 Å². The number of carboxylic acids is 1. The van der Waals surface area contributed by atoms with Gasteiger partial charge in [0.2, 0.25) is 5.95 Å². The highest BCUT2D eigenvalue weighted by atomic mass is 32.2. The number of nitrogens with zero attached hydrogens (tertiary/aromatic N) is 3. The molecule has 2 rings (SSSR count). The van der Waals surface area contributed by atoms with Crippen LogP contribution in [0.5, 0.6) is 0 Å². The fourth-order valence-corrected chi connectivity index (χ4v) is 2.96. The summed E-state index contributed by atoms with van der Waals surface area (Å²) in [5, 5.41) is 17.0. The Labute approximate surface area is 109 Å². The van der Waals surface area contributed by atoms with Crippen molar-refractivity contribution in [2.24, 2.45) is 0 Å². The van der Waals surface area contributed by atoms with Crippen LogP contribution < -0.4 is 5.73 Å². The van der Waals surface area contributed by atoms with Gasteiger partial charge in [-0.1, -0.05) is 11.8 Å². The molecule has 0 aromatic carbocycles. The molecule has 1 aliphatic carbocycles. The van der Waals surface area contributed by atoms with Gasteiger partial charge in [-0.2, -0.15) is 0 Å². The van der Waals surface area contributed by atoms with E-state index in [0.717, 1.165) is 31.0 Å². The predicted molar refractivity (Wildman–Crippen MR) is 66.5 cm³/mol. The molecule has 3 N–H and O–H groups in total. The van der Waals surface area contributed by atoms with Crippen molar-refractivity contribution in [2.75, 3.05) is 18.6 Å². The number of carbonyl (C=O) groups is 1. The van der Waals surface area contributed by atoms with Gasteiger partial charge in [0.05, 0.1) is 11.9 Å². The van der Waals surface area contributed by atoms with Crippen molar-refractivity contribution in [1.82, 2.24) is 14.8 Å². The topological polar surface area (TPSA) is 103 Å². The van der Waals surface area contributed by atoms with Gasteiger partial charge >= 0.3 is 5.97 Å². The van der Waals surface area contributed by atoms with Gasteiger partial charge in [0, 0.05) is 13.2 Å². The Morgan fingerprint density at radius 1 is 1.61 bits per heavy atom. The molecule has 7 nitrogen and oxygen atoms in total. The molecule has 1 heterocycles. The molecule has 0 bridgehead atoms. The average Bonchev–Trinajstić information content (AvgIpc) is 2.92. The van der Waals surface area contributed by atoms with E-state index in [1.165, 1.54) is 0 Å². The van der Waals surface area contributed by atoms with Crippen molar-refractivity contribution in [3.8, 4) is 0 Å². The van der Waals surface area contributed by atoms with Crippen molar-refractivity contribution in [3.05, 3.63) is 0 Å². The number of hydrogen-bond donors (Lipinski definition) is 2. The minimum absolute atomic E-state index is 0.0431. The maximum atomic E-state index is 10.6. The zero-order valence-electron chi connectivity index (χ0n) is 10.1. The van der Waals surface area contributed by atoms with Crippen LogP contribution in [0.3, 0.4) is 0 Å². The number of rotatable bonds is 5. The number of aliphatic carboxylic acids is 1. The van der Waals surface area contributed by atoms with Gasteiger partial charge in [-0.15, -0.1) is 10.2 Å². The summed E-state index contributed by atoms with van der Waals surface area (Å²) in [6, 6.07) is 0.196. The van der Waals surface area contributed by atoms with Gasteiger partial charge in [-0.05, 0) is 19.3 Å². The first-order chi connectivity index (χ1) is 8.61. The maximum absolute atomic E-state index is 10.6. The molecule has 1 aliphatic rings. The maximum Gasteiger partial charge on any atom is 0.313 e. The lowest BCUT2D eigenvalue weighted by Crippen LogP contribution is -2.13. The standard InChI is InChI=1S/C10H16N4O3S/c1-17-7-3-2-6(4-7)14-9(11)12-13-10(14)18-5-8(15)16/h6-7H,2-5H2,1H3,(H2,11,12)(H,15,16). The Bertz CT molecular complexity index is 437. The van der Waals surface area contributed by atoms with Gasteiger partial charge in [-0.25, -0.2) is 0 Å². The van der Waals surface area contributed by atoms with Crippen LogP contribution in [0, 0.1) is 0 Å². The minimum atomic E-state index is -0.880. The zero-order chi connectivity index (χ0) is 13.1. The van der Waals surface area contributed by atoms with Crippen LogP contribution in [0.2, 0.25) is 0 Å². The molecule has 1 aromatic heterocycles. The van der Waals surface area contributed by atoms with Gasteiger partial charge in [-0.3, -0.25) is 9.36 Å². The minimum Gasteiger partial charge on any atom is -0.481 e. The van der Waals surface area contributed by atoms with E-state index in [4.69, 9.17) is 15.6 Å². The fraction of sp³-hybridized carbons (Fsp3) is 0.700. The number of anilines is 1. The van der Waals surface area contributed by atoms with Gasteiger partial charge < -0.3 is 15.6 Å². The second-order valence-electron chi connectivity index (χ2n) is 4.22. The lowest BCUT2D eigenvalue weighted by Gasteiger charge is -2.15. The van der Waals surface area contributed by atoms with E-state index < -0.39 is 5.97 Å². The normalized spacial score (nSPS) is 23.4. The molecule has 1 aromatic rings. The van der Waals surface area contributed by atoms with E-state index in [0.29, 0.717) is 11.1 Å². The first-order valence-corrected chi connectivity index (χ1v) is 6.68. The van der Waals surface area contributed by atoms with E-state index in [1.54, 1.807) is 7.11 Å². The van der Waals surface area contributed by atoms with Crippen LogP contribution in [0.1, 0.15) is 25.3 Å². The molecule has 0 aliphatic heterocycles. The smallest absolute Gasteiger partial charge is 0.313 e. The highest BCUT2D eigenvalue weighted by Gasteiger charge is 2.29. The van der Waals surface area contributed by atoms with Crippen molar-refractivity contribution in [1.29, 1.82) is 0 Å². The molecule has 8 heteroatoms. The third-order valence-corrected chi connectivity index (χ3v) is 4.00. The Kier molecular flexibility index (Phi) is 4.07. The highest BCUT2D eigenvalue weighted by Crippen LogP contribution is 2.35. The third-order valence-electron chi connectivity index (χ3n) is 3.07. The molecule has 1 saturated carbocycles. The molecular weight excluding hydrogens is 256 g/mol. The summed E-state index contributed by atoms with van der Waals surface area (Å²) < 4.78 is 7.15. The first kappa shape index (κ1) is 13.2. The number of methoxy groups -OCH3 is 1. The summed E-state index contributed by atoms with van der Waals surface area (Å²) in [4.78, 5) is 10.6. The van der Waals surface area contributed by atoms with E-state index >= 15 is 0 Å². The van der Waals surface area contributed by atoms with E-state index in [9.17, 15) is 4.79 Å². The average molecular weight is 272 g/mol. The molecule has 2 unspecified atom stereocenters. The molecule has 0 spiro atoms. The van der Waals surface area contributed by atoms with Crippen molar-refractivity contribution < 1.29 is 14.6 Å². The molecule has 18 heavy (non-hydrogen) atoms. The van der Waals surface area contributed by atoms with Crippen molar-refractivity contribution in [2.45, 2.75) is 36.6 Å². The number of carboxylic acid groups (broad SMARTS) is 1. The quantitative estimate of drug-likeness (QED) is 0.763. The number of hydrogen-bond acceptors (Lipinski definition) is 6. The predicted octanol–water partition coefficient (Wildman–Crippen LogP) is 0.777. The van der Waals surface area contributed by atoms with Crippen LogP contribution in [0.4, 0.5) is 5.95 Å². The molecule has 0 radical (unpaired) electrons. The molecule has 0 saturated heterocycles. The number of nitrogens with two attached hydrogens (primary N) is 1. The summed E-state index contributed by atoms with van der Waals surface area (Å²) >= 11 is 1.14. The summed E-state index contributed by atoms with van der Waals surface area (Å²) in [7, 11) is 1.70. The third kappa shape index (κ3) is 2.75. The lowest BCUT2D eigenvalue weighted by molar-refractivity contribution is -0.133. The van der Waals surface area contributed by atoms with Crippen LogP contribution in [0.15, 0.2) is 5.16 Å².